The SMILES string of the molecule is COC(=O)c1sccc1N.Clc1nc(Cl)c2sccc2n1.O=c1[nH]c(=O)c2sccc2[nH]1.[I][V]([I])[I]. The molecule has 0 atom stereocenters. The number of thiophene rings is 3. The van der Waals surface area contributed by atoms with E-state index < -0.39 is 5.69 Å². The van der Waals surface area contributed by atoms with Crippen molar-refractivity contribution in [1.29, 1.82) is 0 Å². The molecule has 0 unspecified atom stereocenters. The number of aromatic amines is 2. The predicted molar refractivity (Wildman–Crippen MR) is 173 cm³/mol. The molecule has 192 valence electrons. The number of anilines is 1. The second-order valence-corrected chi connectivity index (χ2v) is 44.7. The van der Waals surface area contributed by atoms with Crippen LogP contribution in [0.15, 0.2) is 43.9 Å². The number of fused-ring (bicyclic) bond motifs is 2. The molecule has 36 heavy (non-hydrogen) atoms. The fourth-order valence-corrected chi connectivity index (χ4v) is 4.99. The zero-order chi connectivity index (χ0) is 26.8. The minimum absolute atomic E-state index is 0.195. The van der Waals surface area contributed by atoms with Crippen LogP contribution in [0.25, 0.3) is 20.4 Å². The summed E-state index contributed by atoms with van der Waals surface area (Å²) in [6.07, 6.45) is 0. The molecule has 5 aromatic rings. The van der Waals surface area contributed by atoms with Gasteiger partial charge in [-0.2, -0.15) is 0 Å². The first kappa shape index (κ1) is 32.2. The maximum atomic E-state index is 11.0. The summed E-state index contributed by atoms with van der Waals surface area (Å²) in [7, 11) is 1.33. The molecule has 0 bridgehead atoms. The molecular weight excluding hydrogens is 949 g/mol. The number of hydrogen-bond donors (Lipinski definition) is 3. The Hall–Kier alpha value is 0.00442. The first-order valence-electron chi connectivity index (χ1n) is 8.98. The third-order valence-electron chi connectivity index (χ3n) is 3.65. The van der Waals surface area contributed by atoms with Crippen LogP contribution in [0.2, 0.25) is 10.4 Å². The fraction of sp³-hybridized carbons (Fsp3) is 0.0556. The van der Waals surface area contributed by atoms with Crippen molar-refractivity contribution in [1.82, 2.24) is 19.9 Å². The number of nitrogens with zero attached hydrogens (tertiary/aromatic N) is 2. The van der Waals surface area contributed by atoms with Gasteiger partial charge in [0.1, 0.15) is 9.58 Å². The molecule has 0 aliphatic carbocycles. The Morgan fingerprint density at radius 3 is 2.22 bits per heavy atom. The van der Waals surface area contributed by atoms with E-state index in [9.17, 15) is 14.4 Å². The van der Waals surface area contributed by atoms with Crippen molar-refractivity contribution >= 4 is 149 Å². The number of hydrogen-bond acceptors (Lipinski definition) is 10. The molecule has 5 heterocycles. The Labute approximate surface area is 263 Å². The van der Waals surface area contributed by atoms with E-state index in [1.807, 2.05) is 11.4 Å². The third-order valence-corrected chi connectivity index (χ3v) is 6.94. The van der Waals surface area contributed by atoms with Crippen LogP contribution in [0.1, 0.15) is 9.67 Å². The number of nitrogens with two attached hydrogens (primary N) is 1. The molecule has 18 heteroatoms. The zero-order valence-corrected chi connectivity index (χ0v) is 29.5. The summed E-state index contributed by atoms with van der Waals surface area (Å²) in [5, 5.41) is 6.04. The summed E-state index contributed by atoms with van der Waals surface area (Å²) in [6.45, 7) is 0. The van der Waals surface area contributed by atoms with Crippen molar-refractivity contribution in [2.24, 2.45) is 0 Å². The van der Waals surface area contributed by atoms with Crippen molar-refractivity contribution in [2.45, 2.75) is 0 Å². The zero-order valence-electron chi connectivity index (χ0n) is 17.6. The monoisotopic (exact) mass is 961 g/mol. The second kappa shape index (κ2) is 16.2. The van der Waals surface area contributed by atoms with Gasteiger partial charge < -0.3 is 15.5 Å². The number of H-pyrrole nitrogens is 2. The molecule has 0 aromatic carbocycles. The molecule has 9 nitrogen and oxygen atoms in total. The summed E-state index contributed by atoms with van der Waals surface area (Å²) in [5.41, 5.74) is 6.54. The normalized spacial score (nSPS) is 10.1. The number of aromatic nitrogens is 4. The molecule has 0 saturated heterocycles. The van der Waals surface area contributed by atoms with Crippen molar-refractivity contribution in [3.8, 4) is 0 Å². The number of rotatable bonds is 1. The van der Waals surface area contributed by atoms with Gasteiger partial charge in [-0.05, 0) is 45.9 Å². The molecule has 5 rings (SSSR count). The standard InChI is InChI=1S/C6H2Cl2N2S.C6H4N2O2S.C6H7NO2S.3HI.V/c7-5-4-3(1-2-11-4)9-6(8)10-5;9-5-4-3(1-2-11-4)7-6(10)8-5;1-9-6(8)5-4(7)2-3-10-5;;;;/h1-2H;1-2H,(H2,7,8,9,10);2-3H,7H2,1H3;3*1H;/q;;;;;;+3/p-3. The van der Waals surface area contributed by atoms with Crippen LogP contribution in [-0.2, 0) is 9.66 Å². The van der Waals surface area contributed by atoms with Gasteiger partial charge in [-0.25, -0.2) is 19.6 Å². The third kappa shape index (κ3) is 10.3. The predicted octanol–water partition coefficient (Wildman–Crippen LogP) is 7.05. The fourth-order valence-electron chi connectivity index (χ4n) is 2.28. The maximum absolute atomic E-state index is 11.0. The van der Waals surface area contributed by atoms with E-state index in [1.54, 1.807) is 22.9 Å². The van der Waals surface area contributed by atoms with Crippen LogP contribution in [0.4, 0.5) is 5.69 Å². The van der Waals surface area contributed by atoms with Crippen LogP contribution < -0.4 is 17.0 Å². The summed E-state index contributed by atoms with van der Waals surface area (Å²) in [6, 6.07) is 5.24. The number of halogens is 5. The summed E-state index contributed by atoms with van der Waals surface area (Å²) in [4.78, 5) is 45.1. The number of carbonyl (C=O) groups excluding carboxylic acids is 1. The first-order valence-corrected chi connectivity index (χ1v) is 25.9. The number of ether oxygens (including phenoxy) is 1. The van der Waals surface area contributed by atoms with Crippen molar-refractivity contribution in [3.63, 3.8) is 0 Å². The van der Waals surface area contributed by atoms with E-state index in [1.165, 1.54) is 41.1 Å². The van der Waals surface area contributed by atoms with Gasteiger partial charge in [0.05, 0.1) is 28.5 Å². The topological polar surface area (TPSA) is 144 Å². The van der Waals surface area contributed by atoms with E-state index >= 15 is 0 Å². The van der Waals surface area contributed by atoms with Gasteiger partial charge in [0, 0.05) is 0 Å². The molecule has 0 saturated carbocycles. The van der Waals surface area contributed by atoms with Crippen LogP contribution in [0.3, 0.4) is 0 Å². The Morgan fingerprint density at radius 1 is 1.00 bits per heavy atom. The molecule has 0 radical (unpaired) electrons. The van der Waals surface area contributed by atoms with E-state index in [0.29, 0.717) is 25.9 Å². The Kier molecular flexibility index (Phi) is 14.5. The number of carbonyl (C=O) groups is 1. The minimum atomic E-state index is -0.457. The van der Waals surface area contributed by atoms with Crippen LogP contribution in [0.5, 0.6) is 0 Å². The van der Waals surface area contributed by atoms with E-state index in [0.717, 1.165) is 10.2 Å². The first-order chi connectivity index (χ1) is 17.0. The van der Waals surface area contributed by atoms with Gasteiger partial charge in [0.25, 0.3) is 5.56 Å². The summed E-state index contributed by atoms with van der Waals surface area (Å²) >= 11 is 22.8. The summed E-state index contributed by atoms with van der Waals surface area (Å²) < 4.78 is 5.91. The molecule has 5 aromatic heterocycles. The Balaban J connectivity index is 0.000000177. The summed E-state index contributed by atoms with van der Waals surface area (Å²) in [5.74, 6) is -0.368. The van der Waals surface area contributed by atoms with Gasteiger partial charge in [-0.1, -0.05) is 11.6 Å². The number of esters is 1. The van der Waals surface area contributed by atoms with E-state index in [-0.39, 0.29) is 21.7 Å². The van der Waals surface area contributed by atoms with Crippen LogP contribution in [-0.4, -0.2) is 33.0 Å². The number of methoxy groups -OCH3 is 1. The van der Waals surface area contributed by atoms with Gasteiger partial charge in [0.15, 0.2) is 5.15 Å². The van der Waals surface area contributed by atoms with E-state index in [2.05, 4.69) is 84.6 Å². The molecule has 0 aliphatic rings. The molecule has 0 aliphatic heterocycles. The van der Waals surface area contributed by atoms with Gasteiger partial charge in [0.2, 0.25) is 5.28 Å². The van der Waals surface area contributed by atoms with Gasteiger partial charge in [-0.15, -0.1) is 34.0 Å². The molecular formula is C18H13Cl2I3N5O4S3V. The molecule has 0 amide bonds. The van der Waals surface area contributed by atoms with Crippen molar-refractivity contribution in [3.05, 3.63) is 70.5 Å². The second-order valence-electron chi connectivity index (χ2n) is 5.88. The van der Waals surface area contributed by atoms with Gasteiger partial charge >= 0.3 is 76.5 Å². The quantitative estimate of drug-likeness (QED) is 0.0708. The Morgan fingerprint density at radius 2 is 1.61 bits per heavy atom. The van der Waals surface area contributed by atoms with Crippen molar-refractivity contribution in [2.75, 3.05) is 12.8 Å². The van der Waals surface area contributed by atoms with E-state index in [4.69, 9.17) is 28.9 Å². The van der Waals surface area contributed by atoms with Crippen molar-refractivity contribution < 1.29 is 14.5 Å². The average molecular weight is 962 g/mol. The number of nitrogens with one attached hydrogen (secondary N) is 2. The van der Waals surface area contributed by atoms with Crippen LogP contribution >= 0.6 is 117 Å². The van der Waals surface area contributed by atoms with Gasteiger partial charge in [-0.3, -0.25) is 9.78 Å². The molecule has 0 spiro atoms. The molecule has 0 fully saturated rings. The van der Waals surface area contributed by atoms with Crippen LogP contribution in [0, 0.1) is 0 Å². The number of nitrogen functional groups attached to an aromatic ring is 1. The average Bonchev–Trinajstić information content (AvgIpc) is 3.54. The molecule has 4 N–H and O–H groups in total. The Bertz CT molecular complexity index is 1550.